The van der Waals surface area contributed by atoms with Crippen LogP contribution in [0, 0.1) is 5.82 Å². The fraction of sp³-hybridized carbons (Fsp3) is 0.0714. The summed E-state index contributed by atoms with van der Waals surface area (Å²) < 4.78 is 42.6. The van der Waals surface area contributed by atoms with Gasteiger partial charge in [0, 0.05) is 10.0 Å². The Hall–Kier alpha value is -1.82. The number of halogens is 4. The zero-order valence-corrected chi connectivity index (χ0v) is 11.5. The van der Waals surface area contributed by atoms with E-state index in [9.17, 15) is 18.0 Å². The van der Waals surface area contributed by atoms with Crippen molar-refractivity contribution >= 4 is 21.7 Å². The standard InChI is InChI=1S/C14H8BrF3O2/c15-9-4-5-12(16)11(7-9)13(19)8-2-1-3-10(6-8)20-14(17)18/h1-7,14H. The highest BCUT2D eigenvalue weighted by Crippen LogP contribution is 2.22. The molecule has 0 heterocycles. The van der Waals surface area contributed by atoms with Gasteiger partial charge in [-0.2, -0.15) is 8.78 Å². The van der Waals surface area contributed by atoms with E-state index in [-0.39, 0.29) is 16.9 Å². The van der Waals surface area contributed by atoms with Crippen LogP contribution in [-0.4, -0.2) is 12.4 Å². The van der Waals surface area contributed by atoms with E-state index in [1.807, 2.05) is 0 Å². The van der Waals surface area contributed by atoms with E-state index in [0.29, 0.717) is 4.47 Å². The third-order valence-electron chi connectivity index (χ3n) is 2.49. The maximum absolute atomic E-state index is 13.6. The molecule has 0 atom stereocenters. The van der Waals surface area contributed by atoms with E-state index < -0.39 is 18.2 Å². The Labute approximate surface area is 121 Å². The van der Waals surface area contributed by atoms with Crippen LogP contribution in [0.5, 0.6) is 5.75 Å². The van der Waals surface area contributed by atoms with Crippen LogP contribution >= 0.6 is 15.9 Å². The minimum absolute atomic E-state index is 0.0696. The Morgan fingerprint density at radius 3 is 2.60 bits per heavy atom. The third kappa shape index (κ3) is 3.39. The number of carbonyl (C=O) groups excluding carboxylic acids is 1. The van der Waals surface area contributed by atoms with Crippen molar-refractivity contribution in [2.75, 3.05) is 0 Å². The number of hydrogen-bond acceptors (Lipinski definition) is 2. The second-order valence-electron chi connectivity index (χ2n) is 3.86. The lowest BCUT2D eigenvalue weighted by Crippen LogP contribution is -2.06. The van der Waals surface area contributed by atoms with E-state index >= 15 is 0 Å². The van der Waals surface area contributed by atoms with Gasteiger partial charge in [0.05, 0.1) is 5.56 Å². The molecule has 0 saturated carbocycles. The molecule has 6 heteroatoms. The molecule has 0 amide bonds. The molecule has 0 aliphatic rings. The maximum Gasteiger partial charge on any atom is 0.387 e. The van der Waals surface area contributed by atoms with Crippen molar-refractivity contribution in [1.29, 1.82) is 0 Å². The minimum Gasteiger partial charge on any atom is -0.435 e. The highest BCUT2D eigenvalue weighted by molar-refractivity contribution is 9.10. The van der Waals surface area contributed by atoms with E-state index in [0.717, 1.165) is 12.1 Å². The maximum atomic E-state index is 13.6. The smallest absolute Gasteiger partial charge is 0.387 e. The molecule has 0 spiro atoms. The van der Waals surface area contributed by atoms with Crippen LogP contribution in [0.1, 0.15) is 15.9 Å². The summed E-state index contributed by atoms with van der Waals surface area (Å²) in [6.45, 7) is -2.98. The van der Waals surface area contributed by atoms with Gasteiger partial charge in [-0.05, 0) is 30.3 Å². The first-order valence-corrected chi connectivity index (χ1v) is 6.31. The van der Waals surface area contributed by atoms with Crippen molar-refractivity contribution in [3.63, 3.8) is 0 Å². The first-order chi connectivity index (χ1) is 9.47. The Kier molecular flexibility index (Phi) is 4.44. The van der Waals surface area contributed by atoms with Crippen LogP contribution in [0.25, 0.3) is 0 Å². The van der Waals surface area contributed by atoms with Crippen molar-refractivity contribution in [1.82, 2.24) is 0 Å². The normalized spacial score (nSPS) is 10.7. The van der Waals surface area contributed by atoms with Gasteiger partial charge in [0.1, 0.15) is 11.6 Å². The largest absolute Gasteiger partial charge is 0.435 e. The third-order valence-corrected chi connectivity index (χ3v) is 2.99. The Morgan fingerprint density at radius 2 is 1.90 bits per heavy atom. The van der Waals surface area contributed by atoms with Crippen LogP contribution in [0.3, 0.4) is 0 Å². The molecule has 104 valence electrons. The molecule has 2 aromatic rings. The number of ether oxygens (including phenoxy) is 1. The van der Waals surface area contributed by atoms with Gasteiger partial charge >= 0.3 is 6.61 Å². The van der Waals surface area contributed by atoms with Gasteiger partial charge in [-0.1, -0.05) is 28.1 Å². The van der Waals surface area contributed by atoms with Gasteiger partial charge in [-0.25, -0.2) is 4.39 Å². The lowest BCUT2D eigenvalue weighted by atomic mass is 10.0. The highest BCUT2D eigenvalue weighted by atomic mass is 79.9. The second kappa shape index (κ2) is 6.09. The van der Waals surface area contributed by atoms with Crippen molar-refractivity contribution in [2.45, 2.75) is 6.61 Å². The Balaban J connectivity index is 2.35. The van der Waals surface area contributed by atoms with Crippen molar-refractivity contribution in [3.05, 3.63) is 63.9 Å². The summed E-state index contributed by atoms with van der Waals surface area (Å²) in [5.41, 5.74) is -0.0753. The van der Waals surface area contributed by atoms with Gasteiger partial charge in [0.25, 0.3) is 0 Å². The molecule has 0 aliphatic carbocycles. The number of ketones is 1. The average molecular weight is 345 g/mol. The molecular formula is C14H8BrF3O2. The summed E-state index contributed by atoms with van der Waals surface area (Å²) in [6.07, 6.45) is 0. The van der Waals surface area contributed by atoms with Crippen LogP contribution in [0.4, 0.5) is 13.2 Å². The average Bonchev–Trinajstić information content (AvgIpc) is 2.40. The molecule has 2 rings (SSSR count). The number of rotatable bonds is 4. The number of carbonyl (C=O) groups is 1. The zero-order valence-electron chi connectivity index (χ0n) is 9.95. The summed E-state index contributed by atoms with van der Waals surface area (Å²) >= 11 is 3.14. The molecule has 0 N–H and O–H groups in total. The monoisotopic (exact) mass is 344 g/mol. The topological polar surface area (TPSA) is 26.3 Å². The molecule has 0 fully saturated rings. The molecule has 0 unspecified atom stereocenters. The van der Waals surface area contributed by atoms with Gasteiger partial charge in [0.2, 0.25) is 0 Å². The van der Waals surface area contributed by atoms with Gasteiger partial charge < -0.3 is 4.74 Å². The second-order valence-corrected chi connectivity index (χ2v) is 4.78. The van der Waals surface area contributed by atoms with E-state index in [4.69, 9.17) is 0 Å². The van der Waals surface area contributed by atoms with Crippen LogP contribution in [-0.2, 0) is 0 Å². The van der Waals surface area contributed by atoms with Crippen molar-refractivity contribution in [3.8, 4) is 5.75 Å². The van der Waals surface area contributed by atoms with Crippen molar-refractivity contribution < 1.29 is 22.7 Å². The predicted molar refractivity (Wildman–Crippen MR) is 70.6 cm³/mol. The van der Waals surface area contributed by atoms with E-state index in [2.05, 4.69) is 20.7 Å². The Morgan fingerprint density at radius 1 is 1.15 bits per heavy atom. The molecule has 20 heavy (non-hydrogen) atoms. The lowest BCUT2D eigenvalue weighted by Gasteiger charge is -2.07. The van der Waals surface area contributed by atoms with E-state index in [1.165, 1.54) is 30.3 Å². The molecule has 0 aromatic heterocycles. The van der Waals surface area contributed by atoms with Crippen LogP contribution in [0.2, 0.25) is 0 Å². The number of benzene rings is 2. The predicted octanol–water partition coefficient (Wildman–Crippen LogP) is 4.42. The Bertz CT molecular complexity index is 644. The summed E-state index contributed by atoms with van der Waals surface area (Å²) in [5, 5.41) is 0. The summed E-state index contributed by atoms with van der Waals surface area (Å²) in [5.74, 6) is -1.44. The van der Waals surface area contributed by atoms with Crippen LogP contribution in [0.15, 0.2) is 46.9 Å². The molecule has 0 aliphatic heterocycles. The summed E-state index contributed by atoms with van der Waals surface area (Å²) in [4.78, 5) is 12.2. The SMILES string of the molecule is O=C(c1cccc(OC(F)F)c1)c1cc(Br)ccc1F. The van der Waals surface area contributed by atoms with Gasteiger partial charge in [-0.15, -0.1) is 0 Å². The van der Waals surface area contributed by atoms with E-state index in [1.54, 1.807) is 0 Å². The lowest BCUT2D eigenvalue weighted by molar-refractivity contribution is -0.0498. The number of hydrogen-bond donors (Lipinski definition) is 0. The zero-order chi connectivity index (χ0) is 14.7. The first kappa shape index (κ1) is 14.6. The molecular weight excluding hydrogens is 337 g/mol. The molecule has 0 bridgehead atoms. The number of alkyl halides is 2. The molecule has 2 aromatic carbocycles. The fourth-order valence-electron chi connectivity index (χ4n) is 1.64. The molecule has 2 nitrogen and oxygen atoms in total. The molecule has 0 radical (unpaired) electrons. The van der Waals surface area contributed by atoms with Gasteiger partial charge in [-0.3, -0.25) is 4.79 Å². The van der Waals surface area contributed by atoms with Gasteiger partial charge in [0.15, 0.2) is 5.78 Å². The fourth-order valence-corrected chi connectivity index (χ4v) is 2.00. The first-order valence-electron chi connectivity index (χ1n) is 5.52. The summed E-state index contributed by atoms with van der Waals surface area (Å²) in [6, 6.07) is 9.18. The van der Waals surface area contributed by atoms with Crippen LogP contribution < -0.4 is 4.74 Å². The summed E-state index contributed by atoms with van der Waals surface area (Å²) in [7, 11) is 0. The molecule has 0 saturated heterocycles. The quantitative estimate of drug-likeness (QED) is 0.767. The highest BCUT2D eigenvalue weighted by Gasteiger charge is 2.15. The van der Waals surface area contributed by atoms with Crippen molar-refractivity contribution in [2.24, 2.45) is 0 Å². The minimum atomic E-state index is -2.98.